The first-order valence-electron chi connectivity index (χ1n) is 5.66. The number of nitrogens with one attached hydrogen (secondary N) is 2. The van der Waals surface area contributed by atoms with Crippen LogP contribution in [0.1, 0.15) is 16.1 Å². The molecule has 0 atom stereocenters. The fraction of sp³-hybridized carbons (Fsp3) is 0.0769. The van der Waals surface area contributed by atoms with Gasteiger partial charge >= 0.3 is 12.0 Å². The predicted molar refractivity (Wildman–Crippen MR) is 73.0 cm³/mol. The molecule has 104 valence electrons. The monoisotopic (exact) mass is 294 g/mol. The van der Waals surface area contributed by atoms with Crippen LogP contribution >= 0.6 is 11.6 Å². The minimum absolute atomic E-state index is 0.0202. The number of hydrogen-bond donors (Lipinski definition) is 3. The molecular weight excluding hydrogens is 284 g/mol. The van der Waals surface area contributed by atoms with Crippen LogP contribution in [0, 0.1) is 0 Å². The SMILES string of the molecule is O=C(NCc1ccco1)Nc1ccc(C(=O)O)c(Cl)c1. The van der Waals surface area contributed by atoms with Crippen LogP contribution in [0.4, 0.5) is 10.5 Å². The zero-order valence-corrected chi connectivity index (χ0v) is 11.0. The maximum Gasteiger partial charge on any atom is 0.337 e. The van der Waals surface area contributed by atoms with E-state index in [1.165, 1.54) is 24.5 Å². The summed E-state index contributed by atoms with van der Waals surface area (Å²) in [5.41, 5.74) is 0.380. The number of carboxylic acid groups (broad SMARTS) is 1. The number of anilines is 1. The van der Waals surface area contributed by atoms with E-state index in [9.17, 15) is 9.59 Å². The first kappa shape index (κ1) is 14.0. The molecule has 2 aromatic rings. The Balaban J connectivity index is 1.94. The Morgan fingerprint density at radius 2 is 2.10 bits per heavy atom. The van der Waals surface area contributed by atoms with Crippen molar-refractivity contribution in [3.63, 3.8) is 0 Å². The highest BCUT2D eigenvalue weighted by atomic mass is 35.5. The van der Waals surface area contributed by atoms with Gasteiger partial charge in [0.1, 0.15) is 5.76 Å². The van der Waals surface area contributed by atoms with Crippen molar-refractivity contribution < 1.29 is 19.1 Å². The number of benzene rings is 1. The number of carboxylic acids is 1. The number of rotatable bonds is 4. The van der Waals surface area contributed by atoms with Crippen LogP contribution in [-0.2, 0) is 6.54 Å². The van der Waals surface area contributed by atoms with Gasteiger partial charge in [-0.3, -0.25) is 0 Å². The van der Waals surface area contributed by atoms with E-state index in [1.54, 1.807) is 12.1 Å². The average Bonchev–Trinajstić information content (AvgIpc) is 2.89. The Hall–Kier alpha value is -2.47. The van der Waals surface area contributed by atoms with Gasteiger partial charge in [-0.1, -0.05) is 11.6 Å². The number of urea groups is 1. The molecule has 0 fully saturated rings. The van der Waals surface area contributed by atoms with Crippen molar-refractivity contribution in [2.45, 2.75) is 6.54 Å². The van der Waals surface area contributed by atoms with Crippen molar-refractivity contribution in [2.75, 3.05) is 5.32 Å². The van der Waals surface area contributed by atoms with Crippen molar-refractivity contribution in [2.24, 2.45) is 0 Å². The zero-order valence-electron chi connectivity index (χ0n) is 10.2. The van der Waals surface area contributed by atoms with Gasteiger partial charge in [0.05, 0.1) is 23.4 Å². The zero-order chi connectivity index (χ0) is 14.5. The largest absolute Gasteiger partial charge is 0.478 e. The second-order valence-corrected chi connectivity index (χ2v) is 4.29. The summed E-state index contributed by atoms with van der Waals surface area (Å²) in [6.07, 6.45) is 1.51. The molecule has 0 aliphatic rings. The number of furan rings is 1. The maximum absolute atomic E-state index is 11.6. The molecule has 0 spiro atoms. The molecular formula is C13H11ClN2O4. The third-order valence-corrected chi connectivity index (χ3v) is 2.77. The van der Waals surface area contributed by atoms with Gasteiger partial charge in [0.25, 0.3) is 0 Å². The highest BCUT2D eigenvalue weighted by Gasteiger charge is 2.10. The summed E-state index contributed by atoms with van der Waals surface area (Å²) in [6, 6.07) is 7.17. The molecule has 0 bridgehead atoms. The van der Waals surface area contributed by atoms with Gasteiger partial charge < -0.3 is 20.2 Å². The van der Waals surface area contributed by atoms with E-state index in [0.29, 0.717) is 11.4 Å². The average molecular weight is 295 g/mol. The van der Waals surface area contributed by atoms with Gasteiger partial charge in [0.15, 0.2) is 0 Å². The lowest BCUT2D eigenvalue weighted by Crippen LogP contribution is -2.28. The molecule has 1 heterocycles. The molecule has 3 N–H and O–H groups in total. The molecule has 2 amide bonds. The Morgan fingerprint density at radius 3 is 2.70 bits per heavy atom. The summed E-state index contributed by atoms with van der Waals surface area (Å²) >= 11 is 5.80. The molecule has 0 radical (unpaired) electrons. The first-order chi connectivity index (χ1) is 9.56. The van der Waals surface area contributed by atoms with Crippen LogP contribution in [-0.4, -0.2) is 17.1 Å². The van der Waals surface area contributed by atoms with Crippen LogP contribution in [0.15, 0.2) is 41.0 Å². The van der Waals surface area contributed by atoms with Crippen molar-refractivity contribution >= 4 is 29.3 Å². The van der Waals surface area contributed by atoms with Crippen molar-refractivity contribution in [1.29, 1.82) is 0 Å². The van der Waals surface area contributed by atoms with E-state index in [0.717, 1.165) is 0 Å². The van der Waals surface area contributed by atoms with Gasteiger partial charge in [-0.05, 0) is 30.3 Å². The lowest BCUT2D eigenvalue weighted by atomic mass is 10.2. The Morgan fingerprint density at radius 1 is 1.30 bits per heavy atom. The van der Waals surface area contributed by atoms with Gasteiger partial charge in [0.2, 0.25) is 0 Å². The standard InChI is InChI=1S/C13H11ClN2O4/c14-11-6-8(3-4-10(11)12(17)18)16-13(19)15-7-9-2-1-5-20-9/h1-6H,7H2,(H,17,18)(H2,15,16,19). The van der Waals surface area contributed by atoms with Crippen LogP contribution < -0.4 is 10.6 Å². The van der Waals surface area contributed by atoms with Crippen LogP contribution in [0.2, 0.25) is 5.02 Å². The summed E-state index contributed by atoms with van der Waals surface area (Å²) in [5, 5.41) is 14.0. The van der Waals surface area contributed by atoms with Crippen LogP contribution in [0.25, 0.3) is 0 Å². The van der Waals surface area contributed by atoms with Crippen LogP contribution in [0.5, 0.6) is 0 Å². The van der Waals surface area contributed by atoms with E-state index in [-0.39, 0.29) is 17.1 Å². The minimum atomic E-state index is -1.12. The lowest BCUT2D eigenvalue weighted by molar-refractivity contribution is 0.0697. The second-order valence-electron chi connectivity index (χ2n) is 3.89. The van der Waals surface area contributed by atoms with Crippen molar-refractivity contribution in [3.05, 3.63) is 52.9 Å². The molecule has 20 heavy (non-hydrogen) atoms. The topological polar surface area (TPSA) is 91.6 Å². The van der Waals surface area contributed by atoms with Crippen molar-refractivity contribution in [1.82, 2.24) is 5.32 Å². The third-order valence-electron chi connectivity index (χ3n) is 2.46. The van der Waals surface area contributed by atoms with Gasteiger partial charge in [-0.2, -0.15) is 0 Å². The molecule has 2 rings (SSSR count). The summed E-state index contributed by atoms with van der Waals surface area (Å²) in [4.78, 5) is 22.4. The molecule has 1 aromatic carbocycles. The third kappa shape index (κ3) is 3.52. The summed E-state index contributed by atoms with van der Waals surface area (Å²) in [7, 11) is 0. The van der Waals surface area contributed by atoms with Gasteiger partial charge in [-0.15, -0.1) is 0 Å². The highest BCUT2D eigenvalue weighted by molar-refractivity contribution is 6.33. The smallest absolute Gasteiger partial charge is 0.337 e. The lowest BCUT2D eigenvalue weighted by Gasteiger charge is -2.07. The molecule has 7 heteroatoms. The second kappa shape index (κ2) is 6.12. The molecule has 0 saturated carbocycles. The number of amides is 2. The number of halogens is 1. The van der Waals surface area contributed by atoms with E-state index >= 15 is 0 Å². The molecule has 0 unspecified atom stereocenters. The molecule has 6 nitrogen and oxygen atoms in total. The van der Waals surface area contributed by atoms with Gasteiger partial charge in [-0.25, -0.2) is 9.59 Å². The maximum atomic E-state index is 11.6. The van der Waals surface area contributed by atoms with Crippen molar-refractivity contribution in [3.8, 4) is 0 Å². The Labute approximate surface area is 119 Å². The first-order valence-corrected chi connectivity index (χ1v) is 6.04. The number of aromatic carboxylic acids is 1. The van der Waals surface area contributed by atoms with Gasteiger partial charge in [0, 0.05) is 5.69 Å². The van der Waals surface area contributed by atoms with E-state index < -0.39 is 12.0 Å². The number of hydrogen-bond acceptors (Lipinski definition) is 3. The molecule has 0 aliphatic carbocycles. The minimum Gasteiger partial charge on any atom is -0.478 e. The molecule has 0 aliphatic heterocycles. The number of carbonyl (C=O) groups excluding carboxylic acids is 1. The fourth-order valence-electron chi connectivity index (χ4n) is 1.52. The summed E-state index contributed by atoms with van der Waals surface area (Å²) in [6.45, 7) is 0.250. The predicted octanol–water partition coefficient (Wildman–Crippen LogP) is 2.95. The Bertz CT molecular complexity index is 625. The summed E-state index contributed by atoms with van der Waals surface area (Å²) < 4.78 is 5.07. The highest BCUT2D eigenvalue weighted by Crippen LogP contribution is 2.20. The Kier molecular flexibility index (Phi) is 4.27. The van der Waals surface area contributed by atoms with E-state index in [4.69, 9.17) is 21.1 Å². The fourth-order valence-corrected chi connectivity index (χ4v) is 1.78. The quantitative estimate of drug-likeness (QED) is 0.808. The van der Waals surface area contributed by atoms with E-state index in [2.05, 4.69) is 10.6 Å². The van der Waals surface area contributed by atoms with E-state index in [1.807, 2.05) is 0 Å². The number of carbonyl (C=O) groups is 2. The molecule has 1 aromatic heterocycles. The molecule has 0 saturated heterocycles. The normalized spacial score (nSPS) is 10.1. The summed E-state index contributed by atoms with van der Waals surface area (Å²) in [5.74, 6) is -0.497. The van der Waals surface area contributed by atoms with Crippen LogP contribution in [0.3, 0.4) is 0 Å².